The Balaban J connectivity index is 1.12. The van der Waals surface area contributed by atoms with Crippen LogP contribution in [0.4, 0.5) is 14.0 Å². The monoisotopic (exact) mass is 735 g/mol. The van der Waals surface area contributed by atoms with E-state index in [1.165, 1.54) is 23.1 Å². The maximum atomic E-state index is 14.9. The van der Waals surface area contributed by atoms with Gasteiger partial charge in [-0.3, -0.25) is 9.59 Å². The number of hydrogen-bond donors (Lipinski definition) is 1. The molecule has 1 atom stereocenters. The first-order valence-corrected chi connectivity index (χ1v) is 19.0. The molecule has 4 amide bonds. The molecule has 1 saturated carbocycles. The minimum atomic E-state index is -0.786. The summed E-state index contributed by atoms with van der Waals surface area (Å²) >= 11 is 0. The summed E-state index contributed by atoms with van der Waals surface area (Å²) < 4.78 is 32.5. The first kappa shape index (κ1) is 38.3. The highest BCUT2D eigenvalue weighted by molar-refractivity contribution is 5.98. The van der Waals surface area contributed by atoms with E-state index in [0.717, 1.165) is 37.0 Å². The summed E-state index contributed by atoms with van der Waals surface area (Å²) in [5.41, 5.74) is 1.24. The van der Waals surface area contributed by atoms with E-state index < -0.39 is 23.4 Å². The number of carbonyl (C=O) groups excluding carboxylic acids is 4. The molecule has 3 saturated heterocycles. The van der Waals surface area contributed by atoms with Crippen LogP contribution in [0.1, 0.15) is 98.9 Å². The number of piperazine rings is 2. The zero-order valence-corrected chi connectivity index (χ0v) is 31.7. The van der Waals surface area contributed by atoms with E-state index >= 15 is 0 Å². The molecule has 1 aliphatic carbocycles. The van der Waals surface area contributed by atoms with Gasteiger partial charge in [0.1, 0.15) is 17.5 Å². The van der Waals surface area contributed by atoms with Gasteiger partial charge in [0, 0.05) is 70.9 Å². The fraction of sp³-hybridized carbons (Fsp3) is 0.600. The maximum Gasteiger partial charge on any atom is 0.415 e. The molecular formula is C40H54FN5O7. The highest BCUT2D eigenvalue weighted by Gasteiger charge is 2.35. The number of halogens is 1. The Kier molecular flexibility index (Phi) is 11.5. The summed E-state index contributed by atoms with van der Waals surface area (Å²) in [7, 11) is 0. The first-order valence-electron chi connectivity index (χ1n) is 19.0. The van der Waals surface area contributed by atoms with Gasteiger partial charge in [-0.25, -0.2) is 14.0 Å². The van der Waals surface area contributed by atoms with Crippen molar-refractivity contribution in [2.75, 3.05) is 65.4 Å². The van der Waals surface area contributed by atoms with Crippen molar-refractivity contribution in [1.29, 1.82) is 0 Å². The van der Waals surface area contributed by atoms with Crippen molar-refractivity contribution in [2.45, 2.75) is 84.3 Å². The topological polar surface area (TPSA) is 121 Å². The molecule has 3 heterocycles. The molecule has 0 aromatic heterocycles. The number of para-hydroxylation sites is 1. The summed E-state index contributed by atoms with van der Waals surface area (Å²) in [6.45, 7) is 14.3. The summed E-state index contributed by atoms with van der Waals surface area (Å²) in [5, 5.41) is 3.15. The second-order valence-corrected chi connectivity index (χ2v) is 16.5. The van der Waals surface area contributed by atoms with Crippen LogP contribution >= 0.6 is 0 Å². The van der Waals surface area contributed by atoms with Crippen molar-refractivity contribution in [3.05, 3.63) is 58.9 Å². The lowest BCUT2D eigenvalue weighted by Crippen LogP contribution is -2.50. The standard InChI is InChI=1S/C40H54FN5O7/c1-39(2,3)53-38(50)46-18-13-29(26-46)51-33-10-9-28(25-31(33)27-11-14-40(4,5)15-12-27)35(47)43-21-23-44(24-22-43)36(48)30-7-6-8-32(41)34(30)52-37(49)45-19-16-42-17-20-45/h6-10,25,27,29,42H,11-24,26H2,1-5H3/t29-/m0/s1. The van der Waals surface area contributed by atoms with Gasteiger partial charge in [0.05, 0.1) is 12.1 Å². The van der Waals surface area contributed by atoms with Crippen LogP contribution in [-0.4, -0.2) is 121 Å². The van der Waals surface area contributed by atoms with Gasteiger partial charge in [0.15, 0.2) is 11.6 Å². The van der Waals surface area contributed by atoms with Gasteiger partial charge < -0.3 is 39.1 Å². The second-order valence-electron chi connectivity index (χ2n) is 16.5. The Bertz CT molecular complexity index is 1670. The number of amides is 4. The molecule has 0 spiro atoms. The number of nitrogens with one attached hydrogen (secondary N) is 1. The molecule has 53 heavy (non-hydrogen) atoms. The molecule has 6 rings (SSSR count). The molecule has 4 fully saturated rings. The van der Waals surface area contributed by atoms with E-state index in [2.05, 4.69) is 19.2 Å². The van der Waals surface area contributed by atoms with Crippen LogP contribution in [0.2, 0.25) is 0 Å². The quantitative estimate of drug-likeness (QED) is 0.390. The minimum absolute atomic E-state index is 0.0272. The van der Waals surface area contributed by atoms with Crippen molar-refractivity contribution < 1.29 is 37.8 Å². The van der Waals surface area contributed by atoms with E-state index in [0.29, 0.717) is 64.3 Å². The molecule has 0 unspecified atom stereocenters. The van der Waals surface area contributed by atoms with Crippen LogP contribution in [0, 0.1) is 11.2 Å². The van der Waals surface area contributed by atoms with Crippen LogP contribution in [-0.2, 0) is 4.74 Å². The Morgan fingerprint density at radius 1 is 0.792 bits per heavy atom. The zero-order chi connectivity index (χ0) is 37.9. The lowest BCUT2D eigenvalue weighted by atomic mass is 9.71. The molecular weight excluding hydrogens is 681 g/mol. The lowest BCUT2D eigenvalue weighted by molar-refractivity contribution is 0.0275. The van der Waals surface area contributed by atoms with Crippen LogP contribution in [0.5, 0.6) is 11.5 Å². The number of ether oxygens (including phenoxy) is 3. The number of benzene rings is 2. The van der Waals surface area contributed by atoms with Crippen LogP contribution < -0.4 is 14.8 Å². The predicted molar refractivity (Wildman–Crippen MR) is 197 cm³/mol. The summed E-state index contributed by atoms with van der Waals surface area (Å²) in [6, 6.07) is 9.72. The molecule has 2 aromatic carbocycles. The number of rotatable bonds is 6. The zero-order valence-electron chi connectivity index (χ0n) is 31.7. The van der Waals surface area contributed by atoms with E-state index in [1.807, 2.05) is 32.9 Å². The number of nitrogens with zero attached hydrogens (tertiary/aromatic N) is 4. The average Bonchev–Trinajstić information content (AvgIpc) is 3.61. The number of hydrogen-bond acceptors (Lipinski definition) is 8. The molecule has 0 bridgehead atoms. The molecule has 3 aliphatic heterocycles. The Labute approximate surface area is 311 Å². The Morgan fingerprint density at radius 2 is 1.45 bits per heavy atom. The summed E-state index contributed by atoms with van der Waals surface area (Å²) in [4.78, 5) is 59.5. The second kappa shape index (κ2) is 15.9. The van der Waals surface area contributed by atoms with E-state index in [1.54, 1.807) is 20.8 Å². The Morgan fingerprint density at radius 3 is 2.11 bits per heavy atom. The predicted octanol–water partition coefficient (Wildman–Crippen LogP) is 5.90. The molecule has 4 aliphatic rings. The van der Waals surface area contributed by atoms with Crippen molar-refractivity contribution in [3.8, 4) is 11.5 Å². The van der Waals surface area contributed by atoms with Gasteiger partial charge in [0.25, 0.3) is 11.8 Å². The maximum absolute atomic E-state index is 14.9. The molecule has 0 radical (unpaired) electrons. The van der Waals surface area contributed by atoms with Gasteiger partial charge in [0.2, 0.25) is 0 Å². The molecule has 1 N–H and O–H groups in total. The molecule has 12 nitrogen and oxygen atoms in total. The first-order chi connectivity index (χ1) is 25.2. The van der Waals surface area contributed by atoms with E-state index in [4.69, 9.17) is 14.2 Å². The third-order valence-electron chi connectivity index (χ3n) is 10.7. The van der Waals surface area contributed by atoms with Crippen LogP contribution in [0.25, 0.3) is 0 Å². The van der Waals surface area contributed by atoms with Gasteiger partial charge in [-0.05, 0) is 93.7 Å². The van der Waals surface area contributed by atoms with Crippen molar-refractivity contribution in [3.63, 3.8) is 0 Å². The summed E-state index contributed by atoms with van der Waals surface area (Å²) in [5.74, 6) is -0.761. The highest BCUT2D eigenvalue weighted by Crippen LogP contribution is 2.45. The van der Waals surface area contributed by atoms with Gasteiger partial charge in [-0.15, -0.1) is 0 Å². The molecule has 13 heteroatoms. The third-order valence-corrected chi connectivity index (χ3v) is 10.7. The van der Waals surface area contributed by atoms with Crippen LogP contribution in [0.3, 0.4) is 0 Å². The van der Waals surface area contributed by atoms with Crippen molar-refractivity contribution >= 4 is 24.0 Å². The average molecular weight is 736 g/mol. The number of carbonyl (C=O) groups is 4. The normalized spacial score (nSPS) is 21.0. The third kappa shape index (κ3) is 9.41. The van der Waals surface area contributed by atoms with Gasteiger partial charge in [-0.1, -0.05) is 19.9 Å². The van der Waals surface area contributed by atoms with Crippen LogP contribution in [0.15, 0.2) is 36.4 Å². The smallest absolute Gasteiger partial charge is 0.415 e. The van der Waals surface area contributed by atoms with E-state index in [9.17, 15) is 23.6 Å². The lowest BCUT2D eigenvalue weighted by Gasteiger charge is -2.36. The van der Waals surface area contributed by atoms with Crippen molar-refractivity contribution in [1.82, 2.24) is 24.9 Å². The molecule has 288 valence electrons. The SMILES string of the molecule is CC1(C)CCC(c2cc(C(=O)N3CCN(C(=O)c4cccc(F)c4OC(=O)N4CCNCC4)CC3)ccc2O[C@H]2CCN(C(=O)OC(C)(C)C)C2)CC1. The number of likely N-dealkylation sites (tertiary alicyclic amines) is 1. The highest BCUT2D eigenvalue weighted by atomic mass is 19.1. The largest absolute Gasteiger partial charge is 0.488 e. The van der Waals surface area contributed by atoms with Gasteiger partial charge >= 0.3 is 12.2 Å². The van der Waals surface area contributed by atoms with Crippen molar-refractivity contribution in [2.24, 2.45) is 5.41 Å². The summed E-state index contributed by atoms with van der Waals surface area (Å²) in [6.07, 6.45) is 3.60. The van der Waals surface area contributed by atoms with Gasteiger partial charge in [-0.2, -0.15) is 0 Å². The van der Waals surface area contributed by atoms with E-state index in [-0.39, 0.29) is 53.8 Å². The molecule has 2 aromatic rings. The Hall–Kier alpha value is -4.39. The minimum Gasteiger partial charge on any atom is -0.488 e. The fourth-order valence-corrected chi connectivity index (χ4v) is 7.56. The fourth-order valence-electron chi connectivity index (χ4n) is 7.56.